The van der Waals surface area contributed by atoms with Gasteiger partial charge in [0.25, 0.3) is 0 Å². The number of aliphatic hydroxyl groups is 1. The molecule has 0 saturated carbocycles. The summed E-state index contributed by atoms with van der Waals surface area (Å²) in [6, 6.07) is 8.08. The molecule has 2 aromatic heterocycles. The Balaban J connectivity index is 1.86. The molecule has 0 aliphatic heterocycles. The van der Waals surface area contributed by atoms with Crippen molar-refractivity contribution in [2.75, 3.05) is 6.54 Å². The van der Waals surface area contributed by atoms with Crippen LogP contribution in [0.25, 0.3) is 0 Å². The first-order valence-electron chi connectivity index (χ1n) is 5.62. The highest BCUT2D eigenvalue weighted by Crippen LogP contribution is 2.19. The van der Waals surface area contributed by atoms with Crippen LogP contribution in [0.5, 0.6) is 0 Å². The molecule has 2 rings (SSSR count). The van der Waals surface area contributed by atoms with Crippen LogP contribution in [0.4, 0.5) is 0 Å². The Hall–Kier alpha value is -1.23. The number of aliphatic hydroxyl groups excluding tert-OH is 1. The number of pyridine rings is 1. The number of aromatic nitrogens is 1. The van der Waals surface area contributed by atoms with Gasteiger partial charge >= 0.3 is 0 Å². The first-order valence-corrected chi connectivity index (χ1v) is 6.50. The van der Waals surface area contributed by atoms with Crippen LogP contribution in [0.1, 0.15) is 29.5 Å². The third kappa shape index (κ3) is 3.36. The number of nitrogens with one attached hydrogen (secondary N) is 1. The fourth-order valence-corrected chi connectivity index (χ4v) is 2.39. The van der Waals surface area contributed by atoms with Gasteiger partial charge in [0.2, 0.25) is 0 Å². The van der Waals surface area contributed by atoms with Gasteiger partial charge in [-0.1, -0.05) is 6.07 Å². The lowest BCUT2D eigenvalue weighted by Crippen LogP contribution is -2.24. The van der Waals surface area contributed by atoms with E-state index in [-0.39, 0.29) is 6.04 Å². The molecule has 2 unspecified atom stereocenters. The Labute approximate surface area is 105 Å². The van der Waals surface area contributed by atoms with Crippen LogP contribution in [-0.4, -0.2) is 16.6 Å². The lowest BCUT2D eigenvalue weighted by Gasteiger charge is -2.16. The van der Waals surface area contributed by atoms with Gasteiger partial charge in [-0.25, -0.2) is 0 Å². The highest BCUT2D eigenvalue weighted by Gasteiger charge is 2.10. The molecule has 2 atom stereocenters. The molecule has 0 radical (unpaired) electrons. The van der Waals surface area contributed by atoms with Crippen molar-refractivity contribution in [3.8, 4) is 0 Å². The van der Waals surface area contributed by atoms with Gasteiger partial charge in [-0.05, 0) is 36.1 Å². The number of thiophene rings is 1. The highest BCUT2D eigenvalue weighted by molar-refractivity contribution is 7.10. The second-order valence-electron chi connectivity index (χ2n) is 3.94. The van der Waals surface area contributed by atoms with Crippen molar-refractivity contribution in [3.63, 3.8) is 0 Å². The van der Waals surface area contributed by atoms with E-state index in [1.54, 1.807) is 23.7 Å². The molecule has 4 heteroatoms. The highest BCUT2D eigenvalue weighted by atomic mass is 32.1. The van der Waals surface area contributed by atoms with Gasteiger partial charge in [-0.2, -0.15) is 0 Å². The van der Waals surface area contributed by atoms with Gasteiger partial charge in [-0.3, -0.25) is 4.98 Å². The molecule has 0 bridgehead atoms. The second kappa shape index (κ2) is 5.91. The average Bonchev–Trinajstić information content (AvgIpc) is 2.90. The van der Waals surface area contributed by atoms with Crippen LogP contribution < -0.4 is 5.32 Å². The van der Waals surface area contributed by atoms with Crippen molar-refractivity contribution in [2.24, 2.45) is 0 Å². The molecule has 2 aromatic rings. The van der Waals surface area contributed by atoms with Crippen LogP contribution >= 0.6 is 11.3 Å². The van der Waals surface area contributed by atoms with E-state index in [4.69, 9.17) is 0 Å². The first kappa shape index (κ1) is 12.2. The Bertz CT molecular complexity index is 430. The largest absolute Gasteiger partial charge is 0.387 e. The summed E-state index contributed by atoms with van der Waals surface area (Å²) in [7, 11) is 0. The van der Waals surface area contributed by atoms with Gasteiger partial charge in [0, 0.05) is 29.9 Å². The van der Waals surface area contributed by atoms with E-state index >= 15 is 0 Å². The lowest BCUT2D eigenvalue weighted by molar-refractivity contribution is 0.171. The monoisotopic (exact) mass is 248 g/mol. The van der Waals surface area contributed by atoms with Crippen LogP contribution in [0, 0.1) is 0 Å². The van der Waals surface area contributed by atoms with Crippen molar-refractivity contribution in [1.29, 1.82) is 0 Å². The van der Waals surface area contributed by atoms with Crippen molar-refractivity contribution in [2.45, 2.75) is 19.1 Å². The molecule has 17 heavy (non-hydrogen) atoms. The van der Waals surface area contributed by atoms with E-state index in [1.807, 2.05) is 18.2 Å². The van der Waals surface area contributed by atoms with E-state index < -0.39 is 6.10 Å². The number of hydrogen-bond donors (Lipinski definition) is 2. The Morgan fingerprint density at radius 3 is 2.76 bits per heavy atom. The van der Waals surface area contributed by atoms with E-state index in [1.165, 1.54) is 4.88 Å². The quantitative estimate of drug-likeness (QED) is 0.854. The molecule has 0 spiro atoms. The van der Waals surface area contributed by atoms with Gasteiger partial charge < -0.3 is 10.4 Å². The van der Waals surface area contributed by atoms with Crippen molar-refractivity contribution < 1.29 is 5.11 Å². The standard InChI is InChI=1S/C13H16N2OS/c1-10(13-3-2-8-17-13)15-9-12(16)11-4-6-14-7-5-11/h2-8,10,12,15-16H,9H2,1H3. The summed E-state index contributed by atoms with van der Waals surface area (Å²) < 4.78 is 0. The summed E-state index contributed by atoms with van der Waals surface area (Å²) in [4.78, 5) is 5.22. The SMILES string of the molecule is CC(NCC(O)c1ccncc1)c1cccs1. The van der Waals surface area contributed by atoms with Gasteiger partial charge in [0.1, 0.15) is 0 Å². The maximum Gasteiger partial charge on any atom is 0.0915 e. The summed E-state index contributed by atoms with van der Waals surface area (Å²) in [5, 5.41) is 15.4. The number of nitrogens with zero attached hydrogens (tertiary/aromatic N) is 1. The molecule has 2 N–H and O–H groups in total. The third-order valence-electron chi connectivity index (χ3n) is 2.68. The summed E-state index contributed by atoms with van der Waals surface area (Å²) in [5.74, 6) is 0. The summed E-state index contributed by atoms with van der Waals surface area (Å²) >= 11 is 1.72. The van der Waals surface area contributed by atoms with Crippen LogP contribution in [0.3, 0.4) is 0 Å². The van der Waals surface area contributed by atoms with Gasteiger partial charge in [-0.15, -0.1) is 11.3 Å². The van der Waals surface area contributed by atoms with E-state index in [0.717, 1.165) is 5.56 Å². The number of rotatable bonds is 5. The normalized spacial score (nSPS) is 14.5. The van der Waals surface area contributed by atoms with E-state index in [0.29, 0.717) is 6.54 Å². The van der Waals surface area contributed by atoms with Crippen LogP contribution in [-0.2, 0) is 0 Å². The fraction of sp³-hybridized carbons (Fsp3) is 0.308. The molecule has 0 aliphatic carbocycles. The predicted octanol–water partition coefficient (Wildman–Crippen LogP) is 2.53. The Morgan fingerprint density at radius 1 is 1.35 bits per heavy atom. The first-order chi connectivity index (χ1) is 8.27. The molecule has 0 saturated heterocycles. The Morgan fingerprint density at radius 2 is 2.12 bits per heavy atom. The van der Waals surface area contributed by atoms with Crippen molar-refractivity contribution in [3.05, 3.63) is 52.5 Å². The molecule has 0 aromatic carbocycles. The minimum atomic E-state index is -0.486. The van der Waals surface area contributed by atoms with Crippen LogP contribution in [0.15, 0.2) is 42.0 Å². The average molecular weight is 248 g/mol. The molecule has 90 valence electrons. The third-order valence-corrected chi connectivity index (χ3v) is 3.73. The predicted molar refractivity (Wildman–Crippen MR) is 69.9 cm³/mol. The van der Waals surface area contributed by atoms with Crippen LogP contribution in [0.2, 0.25) is 0 Å². The topological polar surface area (TPSA) is 45.1 Å². The summed E-state index contributed by atoms with van der Waals surface area (Å²) in [6.45, 7) is 2.65. The molecular weight excluding hydrogens is 232 g/mol. The Kier molecular flexibility index (Phi) is 4.25. The maximum absolute atomic E-state index is 9.98. The minimum absolute atomic E-state index is 0.270. The number of hydrogen-bond acceptors (Lipinski definition) is 4. The summed E-state index contributed by atoms with van der Waals surface area (Å²) in [6.07, 6.45) is 2.91. The smallest absolute Gasteiger partial charge is 0.0915 e. The second-order valence-corrected chi connectivity index (χ2v) is 4.92. The van der Waals surface area contributed by atoms with Crippen molar-refractivity contribution in [1.82, 2.24) is 10.3 Å². The summed E-state index contributed by atoms with van der Waals surface area (Å²) in [5.41, 5.74) is 0.894. The molecule has 0 aliphatic rings. The minimum Gasteiger partial charge on any atom is -0.387 e. The molecular formula is C13H16N2OS. The lowest BCUT2D eigenvalue weighted by atomic mass is 10.1. The fourth-order valence-electron chi connectivity index (χ4n) is 1.63. The molecule has 2 heterocycles. The van der Waals surface area contributed by atoms with E-state index in [9.17, 15) is 5.11 Å². The zero-order chi connectivity index (χ0) is 12.1. The van der Waals surface area contributed by atoms with Gasteiger partial charge in [0.15, 0.2) is 0 Å². The maximum atomic E-state index is 9.98. The zero-order valence-electron chi connectivity index (χ0n) is 9.71. The molecule has 0 amide bonds. The molecule has 3 nitrogen and oxygen atoms in total. The van der Waals surface area contributed by atoms with E-state index in [2.05, 4.69) is 28.7 Å². The van der Waals surface area contributed by atoms with Gasteiger partial charge in [0.05, 0.1) is 6.10 Å². The molecule has 0 fully saturated rings. The van der Waals surface area contributed by atoms with Crippen molar-refractivity contribution >= 4 is 11.3 Å². The zero-order valence-corrected chi connectivity index (χ0v) is 10.5.